The van der Waals surface area contributed by atoms with Crippen LogP contribution in [-0.4, -0.2) is 56.2 Å². The molecule has 1 fully saturated rings. The summed E-state index contributed by atoms with van der Waals surface area (Å²) in [6.07, 6.45) is -0.273. The van der Waals surface area contributed by atoms with E-state index < -0.39 is 0 Å². The number of halogens is 1. The number of nitrogens with zero attached hydrogens (tertiary/aromatic N) is 1. The number of nitrogens with one attached hydrogen (secondary N) is 2. The molecule has 22 heavy (non-hydrogen) atoms. The van der Waals surface area contributed by atoms with E-state index in [0.717, 1.165) is 18.0 Å². The van der Waals surface area contributed by atoms with Gasteiger partial charge in [0.1, 0.15) is 0 Å². The highest BCUT2D eigenvalue weighted by Gasteiger charge is 2.25. The van der Waals surface area contributed by atoms with Gasteiger partial charge in [0.05, 0.1) is 32.8 Å². The summed E-state index contributed by atoms with van der Waals surface area (Å²) in [6.45, 7) is 5.25. The summed E-state index contributed by atoms with van der Waals surface area (Å²) in [4.78, 5) is 26.5. The molecule has 1 aromatic carbocycles. The summed E-state index contributed by atoms with van der Waals surface area (Å²) >= 11 is 5.89. The normalized spacial score (nSPS) is 15.5. The molecule has 1 aliphatic heterocycles. The summed E-state index contributed by atoms with van der Waals surface area (Å²) < 4.78 is 4.97. The SMILES string of the molecule is CCOC(=O)N1CC[NH+](CC(=O)Nc2cccc(Cl)c2)CC1. The summed E-state index contributed by atoms with van der Waals surface area (Å²) in [6, 6.07) is 7.07. The van der Waals surface area contributed by atoms with Crippen molar-refractivity contribution in [2.24, 2.45) is 0 Å². The minimum atomic E-state index is -0.273. The third-order valence-corrected chi connectivity index (χ3v) is 3.75. The van der Waals surface area contributed by atoms with Crippen LogP contribution in [0.3, 0.4) is 0 Å². The van der Waals surface area contributed by atoms with Gasteiger partial charge in [-0.3, -0.25) is 9.69 Å². The summed E-state index contributed by atoms with van der Waals surface area (Å²) in [5.41, 5.74) is 0.696. The molecule has 1 heterocycles. The van der Waals surface area contributed by atoms with Crippen LogP contribution < -0.4 is 10.2 Å². The number of rotatable bonds is 4. The maximum absolute atomic E-state index is 12.0. The first-order valence-corrected chi connectivity index (χ1v) is 7.77. The minimum Gasteiger partial charge on any atom is -0.450 e. The standard InChI is InChI=1S/C15H20ClN3O3/c1-2-22-15(21)19-8-6-18(7-9-19)11-14(20)17-13-5-3-4-12(16)10-13/h3-5,10H,2,6-9,11H2,1H3,(H,17,20)/p+1. The van der Waals surface area contributed by atoms with Crippen molar-refractivity contribution in [2.75, 3.05) is 44.6 Å². The van der Waals surface area contributed by atoms with Gasteiger partial charge < -0.3 is 15.0 Å². The Morgan fingerprint density at radius 1 is 1.36 bits per heavy atom. The van der Waals surface area contributed by atoms with Gasteiger partial charge in [0.15, 0.2) is 6.54 Å². The Kier molecular flexibility index (Phi) is 6.03. The largest absolute Gasteiger partial charge is 0.450 e. The quantitative estimate of drug-likeness (QED) is 0.853. The van der Waals surface area contributed by atoms with E-state index in [-0.39, 0.29) is 12.0 Å². The number of anilines is 1. The van der Waals surface area contributed by atoms with Crippen LogP contribution in [0.5, 0.6) is 0 Å². The highest BCUT2D eigenvalue weighted by Crippen LogP contribution is 2.14. The van der Waals surface area contributed by atoms with Crippen molar-refractivity contribution in [3.63, 3.8) is 0 Å². The molecule has 0 bridgehead atoms. The zero-order valence-corrected chi connectivity index (χ0v) is 13.4. The van der Waals surface area contributed by atoms with E-state index in [2.05, 4.69) is 5.32 Å². The lowest BCUT2D eigenvalue weighted by molar-refractivity contribution is -0.895. The summed E-state index contributed by atoms with van der Waals surface area (Å²) in [7, 11) is 0. The molecule has 120 valence electrons. The highest BCUT2D eigenvalue weighted by molar-refractivity contribution is 6.30. The van der Waals surface area contributed by atoms with Crippen molar-refractivity contribution in [3.8, 4) is 0 Å². The average molecular weight is 327 g/mol. The molecule has 0 unspecified atom stereocenters. The van der Waals surface area contributed by atoms with Gasteiger partial charge in [-0.1, -0.05) is 17.7 Å². The van der Waals surface area contributed by atoms with E-state index >= 15 is 0 Å². The van der Waals surface area contributed by atoms with Crippen LogP contribution in [0, 0.1) is 0 Å². The topological polar surface area (TPSA) is 63.1 Å². The smallest absolute Gasteiger partial charge is 0.410 e. The molecule has 0 aliphatic carbocycles. The monoisotopic (exact) mass is 326 g/mol. The van der Waals surface area contributed by atoms with Crippen molar-refractivity contribution < 1.29 is 19.2 Å². The van der Waals surface area contributed by atoms with Gasteiger partial charge in [-0.05, 0) is 25.1 Å². The Hall–Kier alpha value is -1.79. The maximum atomic E-state index is 12.0. The van der Waals surface area contributed by atoms with Crippen LogP contribution in [0.15, 0.2) is 24.3 Å². The van der Waals surface area contributed by atoms with Crippen LogP contribution >= 0.6 is 11.6 Å². The molecule has 0 atom stereocenters. The second-order valence-electron chi connectivity index (χ2n) is 5.17. The van der Waals surface area contributed by atoms with Crippen molar-refractivity contribution in [2.45, 2.75) is 6.92 Å². The zero-order valence-electron chi connectivity index (χ0n) is 12.6. The number of hydrogen-bond acceptors (Lipinski definition) is 3. The molecule has 1 saturated heterocycles. The second-order valence-corrected chi connectivity index (χ2v) is 5.61. The lowest BCUT2D eigenvalue weighted by Crippen LogP contribution is -3.15. The fourth-order valence-electron chi connectivity index (χ4n) is 2.40. The molecule has 2 N–H and O–H groups in total. The maximum Gasteiger partial charge on any atom is 0.410 e. The first kappa shape index (κ1) is 16.6. The fraction of sp³-hybridized carbons (Fsp3) is 0.467. The molecule has 1 aliphatic rings. The predicted molar refractivity (Wildman–Crippen MR) is 84.2 cm³/mol. The van der Waals surface area contributed by atoms with Crippen LogP contribution in [-0.2, 0) is 9.53 Å². The number of quaternary nitrogens is 1. The van der Waals surface area contributed by atoms with Gasteiger partial charge >= 0.3 is 6.09 Å². The number of carbonyl (C=O) groups is 2. The molecule has 1 aromatic rings. The van der Waals surface area contributed by atoms with Gasteiger partial charge in [-0.25, -0.2) is 4.79 Å². The van der Waals surface area contributed by atoms with Gasteiger partial charge in [-0.2, -0.15) is 0 Å². The fourth-order valence-corrected chi connectivity index (χ4v) is 2.59. The molecule has 0 radical (unpaired) electrons. The van der Waals surface area contributed by atoms with Gasteiger partial charge in [0, 0.05) is 10.7 Å². The van der Waals surface area contributed by atoms with E-state index in [1.54, 1.807) is 36.1 Å². The van der Waals surface area contributed by atoms with Crippen LogP contribution in [0.2, 0.25) is 5.02 Å². The van der Waals surface area contributed by atoms with Crippen molar-refractivity contribution in [1.29, 1.82) is 0 Å². The van der Waals surface area contributed by atoms with Gasteiger partial charge in [-0.15, -0.1) is 0 Å². The Labute approximate surface area is 135 Å². The number of ether oxygens (including phenoxy) is 1. The second kappa shape index (κ2) is 8.00. The number of amides is 2. The van der Waals surface area contributed by atoms with E-state index in [1.165, 1.54) is 0 Å². The minimum absolute atomic E-state index is 0.0538. The zero-order chi connectivity index (χ0) is 15.9. The van der Waals surface area contributed by atoms with Crippen LogP contribution in [0.25, 0.3) is 0 Å². The average Bonchev–Trinajstić information content (AvgIpc) is 2.48. The Bertz CT molecular complexity index is 531. The van der Waals surface area contributed by atoms with Crippen molar-refractivity contribution >= 4 is 29.3 Å². The lowest BCUT2D eigenvalue weighted by Gasteiger charge is -2.31. The van der Waals surface area contributed by atoms with Crippen LogP contribution in [0.4, 0.5) is 10.5 Å². The Morgan fingerprint density at radius 3 is 2.73 bits per heavy atom. The Morgan fingerprint density at radius 2 is 2.09 bits per heavy atom. The predicted octanol–water partition coefficient (Wildman–Crippen LogP) is 0.635. The van der Waals surface area contributed by atoms with Gasteiger partial charge in [0.2, 0.25) is 0 Å². The molecular weight excluding hydrogens is 306 g/mol. The molecule has 6 nitrogen and oxygen atoms in total. The van der Waals surface area contributed by atoms with E-state index in [4.69, 9.17) is 16.3 Å². The van der Waals surface area contributed by atoms with E-state index in [9.17, 15) is 9.59 Å². The Balaban J connectivity index is 1.76. The molecular formula is C15H21ClN3O3+. The molecule has 0 aromatic heterocycles. The van der Waals surface area contributed by atoms with Crippen molar-refractivity contribution in [1.82, 2.24) is 4.90 Å². The lowest BCUT2D eigenvalue weighted by atomic mass is 10.3. The van der Waals surface area contributed by atoms with E-state index in [1.807, 2.05) is 0 Å². The van der Waals surface area contributed by atoms with Crippen LogP contribution in [0.1, 0.15) is 6.92 Å². The molecule has 7 heteroatoms. The van der Waals surface area contributed by atoms with Crippen molar-refractivity contribution in [3.05, 3.63) is 29.3 Å². The third kappa shape index (κ3) is 4.89. The number of hydrogen-bond donors (Lipinski definition) is 2. The molecule has 2 rings (SSSR count). The first-order chi connectivity index (χ1) is 10.6. The third-order valence-electron chi connectivity index (χ3n) is 3.52. The van der Waals surface area contributed by atoms with E-state index in [0.29, 0.717) is 37.0 Å². The molecule has 0 saturated carbocycles. The first-order valence-electron chi connectivity index (χ1n) is 7.39. The number of piperazine rings is 1. The molecule has 0 spiro atoms. The highest BCUT2D eigenvalue weighted by atomic mass is 35.5. The number of benzene rings is 1. The number of carbonyl (C=O) groups excluding carboxylic acids is 2. The van der Waals surface area contributed by atoms with Gasteiger partial charge in [0.25, 0.3) is 5.91 Å². The molecule has 2 amide bonds. The summed E-state index contributed by atoms with van der Waals surface area (Å²) in [5.74, 6) is -0.0538. The summed E-state index contributed by atoms with van der Waals surface area (Å²) in [5, 5.41) is 3.43.